The first kappa shape index (κ1) is 35.5. The van der Waals surface area contributed by atoms with E-state index in [0.717, 1.165) is 61.4 Å². The van der Waals surface area contributed by atoms with Gasteiger partial charge in [-0.05, 0) is 74.3 Å². The number of aliphatic carboxylic acids is 1. The second-order valence-electron chi connectivity index (χ2n) is 10.2. The van der Waals surface area contributed by atoms with Gasteiger partial charge in [0, 0.05) is 17.4 Å². The average Bonchev–Trinajstić information content (AvgIpc) is 3.05. The zero-order chi connectivity index (χ0) is 33.7. The van der Waals surface area contributed by atoms with Gasteiger partial charge in [-0.3, -0.25) is 14.5 Å². The van der Waals surface area contributed by atoms with E-state index in [9.17, 15) is 22.8 Å². The molecule has 9 nitrogen and oxygen atoms in total. The molecule has 0 bridgehead atoms. The Bertz CT molecular complexity index is 1770. The lowest BCUT2D eigenvalue weighted by Crippen LogP contribution is -2.34. The molecule has 1 aliphatic heterocycles. The molecule has 1 fully saturated rings. The van der Waals surface area contributed by atoms with Crippen molar-refractivity contribution >= 4 is 34.9 Å². The van der Waals surface area contributed by atoms with Crippen LogP contribution in [-0.2, 0) is 17.1 Å². The molecule has 13 heteroatoms. The lowest BCUT2D eigenvalue weighted by Gasteiger charge is -2.31. The predicted molar refractivity (Wildman–Crippen MR) is 168 cm³/mol. The van der Waals surface area contributed by atoms with Gasteiger partial charge in [-0.25, -0.2) is 9.78 Å². The summed E-state index contributed by atoms with van der Waals surface area (Å²) in [4.78, 5) is 41.5. The Morgan fingerprint density at radius 2 is 1.61 bits per heavy atom. The number of benzene rings is 3. The van der Waals surface area contributed by atoms with Crippen LogP contribution < -0.4 is 5.56 Å². The number of nitrogens with one attached hydrogen (secondary N) is 1. The van der Waals surface area contributed by atoms with Crippen LogP contribution >= 0.6 is 11.8 Å². The molecule has 1 aliphatic rings. The van der Waals surface area contributed by atoms with Crippen LogP contribution in [0.5, 0.6) is 0 Å². The van der Waals surface area contributed by atoms with Crippen LogP contribution in [0, 0.1) is 29.6 Å². The monoisotopic (exact) mass is 649 g/mol. The molecule has 0 amide bonds. The van der Waals surface area contributed by atoms with Gasteiger partial charge in [0.25, 0.3) is 5.56 Å². The summed E-state index contributed by atoms with van der Waals surface area (Å²) in [6.07, 6.45) is -2.06. The van der Waals surface area contributed by atoms with Gasteiger partial charge in [0.1, 0.15) is 12.1 Å². The molecule has 1 aromatic heterocycles. The van der Waals surface area contributed by atoms with E-state index < -0.39 is 12.1 Å². The van der Waals surface area contributed by atoms with Gasteiger partial charge >= 0.3 is 12.1 Å². The molecule has 2 N–H and O–H groups in total. The summed E-state index contributed by atoms with van der Waals surface area (Å²) in [5.74, 6) is -1.26. The fourth-order valence-electron chi connectivity index (χ4n) is 4.43. The van der Waals surface area contributed by atoms with Crippen molar-refractivity contribution in [3.8, 4) is 12.1 Å². The number of para-hydroxylation sites is 1. The Hall–Kier alpha value is -4.98. The molecule has 0 atom stereocenters. The number of nitrogens with zero attached hydrogens (tertiary/aromatic N) is 4. The van der Waals surface area contributed by atoms with Crippen molar-refractivity contribution in [2.75, 3.05) is 13.1 Å². The van der Waals surface area contributed by atoms with E-state index in [1.807, 2.05) is 67.2 Å². The van der Waals surface area contributed by atoms with E-state index >= 15 is 0 Å². The van der Waals surface area contributed by atoms with Crippen molar-refractivity contribution in [2.45, 2.75) is 43.5 Å². The molecule has 0 saturated carbocycles. The zero-order valence-corrected chi connectivity index (χ0v) is 25.6. The summed E-state index contributed by atoms with van der Waals surface area (Å²) in [6.45, 7) is 5.06. The molecule has 238 valence electrons. The fraction of sp³-hybridized carbons (Fsp3) is 0.273. The van der Waals surface area contributed by atoms with Gasteiger partial charge in [-0.2, -0.15) is 35.5 Å². The Balaban J connectivity index is 0.000000278. The number of nitriles is 2. The normalized spacial score (nSPS) is 13.3. The smallest absolute Gasteiger partial charge is 0.475 e. The largest absolute Gasteiger partial charge is 0.490 e. The van der Waals surface area contributed by atoms with E-state index in [2.05, 4.69) is 16.0 Å². The van der Waals surface area contributed by atoms with Crippen molar-refractivity contribution in [2.24, 2.45) is 0 Å². The van der Waals surface area contributed by atoms with Crippen LogP contribution in [0.25, 0.3) is 10.9 Å². The highest BCUT2D eigenvalue weighted by molar-refractivity contribution is 7.99. The number of halogens is 3. The number of thioether (sulfide) groups is 1. The quantitative estimate of drug-likeness (QED) is 0.240. The number of carboxylic acids is 1. The second-order valence-corrected chi connectivity index (χ2v) is 11.5. The number of aryl methyl sites for hydroxylation is 1. The third-order valence-electron chi connectivity index (χ3n) is 6.88. The van der Waals surface area contributed by atoms with Crippen LogP contribution in [0.4, 0.5) is 13.2 Å². The van der Waals surface area contributed by atoms with Crippen LogP contribution in [0.1, 0.15) is 51.3 Å². The molecule has 46 heavy (non-hydrogen) atoms. The van der Waals surface area contributed by atoms with E-state index in [0.29, 0.717) is 27.3 Å². The Morgan fingerprint density at radius 1 is 1.04 bits per heavy atom. The topological polar surface area (TPSA) is 151 Å². The predicted octanol–water partition coefficient (Wildman–Crippen LogP) is 6.01. The van der Waals surface area contributed by atoms with E-state index in [4.69, 9.17) is 25.4 Å². The number of H-pyrrole nitrogens is 1. The molecule has 3 aromatic carbocycles. The van der Waals surface area contributed by atoms with Crippen LogP contribution in [-0.4, -0.2) is 56.7 Å². The third kappa shape index (κ3) is 10.9. The molecule has 4 aromatic rings. The number of hydrogen-bond acceptors (Lipinski definition) is 8. The van der Waals surface area contributed by atoms with Gasteiger partial charge in [0.05, 0.1) is 39.9 Å². The molecule has 0 spiro atoms. The number of carbonyl (C=O) groups is 2. The summed E-state index contributed by atoms with van der Waals surface area (Å²) in [5.41, 5.74) is 4.93. The number of piperidine rings is 1. The van der Waals surface area contributed by atoms with Crippen molar-refractivity contribution in [1.29, 1.82) is 10.5 Å². The number of hydrogen-bond donors (Lipinski definition) is 2. The average molecular weight is 650 g/mol. The highest BCUT2D eigenvalue weighted by atomic mass is 32.2. The first-order valence-electron chi connectivity index (χ1n) is 14.0. The van der Waals surface area contributed by atoms with Crippen LogP contribution in [0.2, 0.25) is 0 Å². The van der Waals surface area contributed by atoms with Gasteiger partial charge in [0.2, 0.25) is 0 Å². The summed E-state index contributed by atoms with van der Waals surface area (Å²) >= 11 is 1.89. The van der Waals surface area contributed by atoms with Crippen molar-refractivity contribution < 1.29 is 27.9 Å². The summed E-state index contributed by atoms with van der Waals surface area (Å²) in [5, 5.41) is 25.6. The number of aromatic amines is 1. The number of aromatic nitrogens is 2. The number of likely N-dealkylation sites (tertiary alicyclic amines) is 1. The molecular weight excluding hydrogens is 619 g/mol. The lowest BCUT2D eigenvalue weighted by atomic mass is 10.1. The second kappa shape index (κ2) is 16.9. The van der Waals surface area contributed by atoms with Gasteiger partial charge < -0.3 is 10.1 Å². The number of carbonyl (C=O) groups excluding carboxylic acids is 1. The SMILES string of the molecule is Cc1cccc2c(=O)[nH]c(CSC3CCN(Cc4ccc(C#N)cc4)CC3)nc12.N#Cc1ccc(C=O)cc1.O=C(O)C(F)(F)F. The summed E-state index contributed by atoms with van der Waals surface area (Å²) in [6, 6.07) is 24.2. The van der Waals surface area contributed by atoms with Crippen molar-refractivity contribution in [3.05, 3.63) is 111 Å². The number of carboxylic acid groups (broad SMARTS) is 1. The first-order chi connectivity index (χ1) is 21.9. The molecular formula is C33H30F3N5O4S. The van der Waals surface area contributed by atoms with E-state index in [-0.39, 0.29) is 5.56 Å². The van der Waals surface area contributed by atoms with Gasteiger partial charge in [-0.15, -0.1) is 0 Å². The van der Waals surface area contributed by atoms with E-state index in [1.54, 1.807) is 24.3 Å². The zero-order valence-electron chi connectivity index (χ0n) is 24.8. The Labute approximate surface area is 267 Å². The van der Waals surface area contributed by atoms with E-state index in [1.165, 1.54) is 5.56 Å². The number of alkyl halides is 3. The van der Waals surface area contributed by atoms with Gasteiger partial charge in [0.15, 0.2) is 0 Å². The standard InChI is InChI=1S/C23H24N4OS.C8H5NO.C2HF3O2/c1-16-3-2-4-20-22(16)25-21(26-23(20)28)15-29-19-9-11-27(12-10-19)14-18-7-5-17(13-24)6-8-18;9-5-7-1-3-8(6-10)4-2-7;3-2(4,5)1(6)7/h2-8,19H,9-12,14-15H2,1H3,(H,25,26,28);1-4,6H;(H,6,7). The minimum absolute atomic E-state index is 0.0495. The minimum atomic E-state index is -5.08. The molecule has 1 saturated heterocycles. The number of fused-ring (bicyclic) bond motifs is 1. The van der Waals surface area contributed by atoms with Crippen molar-refractivity contribution in [1.82, 2.24) is 14.9 Å². The summed E-state index contributed by atoms with van der Waals surface area (Å²) in [7, 11) is 0. The number of rotatable bonds is 6. The highest BCUT2D eigenvalue weighted by Crippen LogP contribution is 2.27. The van der Waals surface area contributed by atoms with Crippen LogP contribution in [0.3, 0.4) is 0 Å². The fourth-order valence-corrected chi connectivity index (χ4v) is 5.50. The Morgan fingerprint density at radius 3 is 2.13 bits per heavy atom. The maximum Gasteiger partial charge on any atom is 0.490 e. The lowest BCUT2D eigenvalue weighted by molar-refractivity contribution is -0.192. The maximum atomic E-state index is 12.3. The number of aldehydes is 1. The molecule has 0 unspecified atom stereocenters. The molecule has 0 aliphatic carbocycles. The summed E-state index contributed by atoms with van der Waals surface area (Å²) < 4.78 is 31.7. The maximum absolute atomic E-state index is 12.3. The van der Waals surface area contributed by atoms with Crippen LogP contribution in [0.15, 0.2) is 71.5 Å². The highest BCUT2D eigenvalue weighted by Gasteiger charge is 2.38. The third-order valence-corrected chi connectivity index (χ3v) is 8.27. The molecule has 2 heterocycles. The molecule has 5 rings (SSSR count). The minimum Gasteiger partial charge on any atom is -0.475 e. The van der Waals surface area contributed by atoms with Crippen molar-refractivity contribution in [3.63, 3.8) is 0 Å². The Kier molecular flexibility index (Phi) is 13.1. The molecule has 0 radical (unpaired) electrons. The van der Waals surface area contributed by atoms with Gasteiger partial charge in [-0.1, -0.05) is 36.4 Å². The first-order valence-corrected chi connectivity index (χ1v) is 15.0.